The van der Waals surface area contributed by atoms with Crippen molar-refractivity contribution >= 4 is 17.3 Å². The Labute approximate surface area is 135 Å². The number of nitrogens with zero attached hydrogens (tertiary/aromatic N) is 3. The molecule has 0 saturated heterocycles. The summed E-state index contributed by atoms with van der Waals surface area (Å²) in [5, 5.41) is 6.98. The highest BCUT2D eigenvalue weighted by atomic mass is 19.1. The van der Waals surface area contributed by atoms with Gasteiger partial charge in [-0.3, -0.25) is 9.89 Å². The van der Waals surface area contributed by atoms with E-state index < -0.39 is 0 Å². The summed E-state index contributed by atoms with van der Waals surface area (Å²) in [7, 11) is 0. The number of carbonyl (C=O) groups excluding carboxylic acids is 1. The smallest absolute Gasteiger partial charge is 0.279 e. The van der Waals surface area contributed by atoms with Crippen molar-refractivity contribution in [2.45, 2.75) is 27.2 Å². The van der Waals surface area contributed by atoms with Gasteiger partial charge in [0.15, 0.2) is 5.69 Å². The molecule has 2 heterocycles. The van der Waals surface area contributed by atoms with Crippen molar-refractivity contribution < 1.29 is 9.18 Å². The third-order valence-corrected chi connectivity index (χ3v) is 4.36. The summed E-state index contributed by atoms with van der Waals surface area (Å²) in [5.74, 6) is -0.429. The van der Waals surface area contributed by atoms with Crippen LogP contribution in [-0.4, -0.2) is 35.7 Å². The zero-order chi connectivity index (χ0) is 16.6. The van der Waals surface area contributed by atoms with Crippen LogP contribution in [0.1, 0.15) is 35.1 Å². The van der Waals surface area contributed by atoms with Gasteiger partial charge in [-0.15, -0.1) is 0 Å². The van der Waals surface area contributed by atoms with Gasteiger partial charge in [-0.1, -0.05) is 6.92 Å². The van der Waals surface area contributed by atoms with Crippen molar-refractivity contribution in [1.82, 2.24) is 10.2 Å². The van der Waals surface area contributed by atoms with E-state index in [1.807, 2.05) is 13.8 Å². The first-order chi connectivity index (χ1) is 11.0. The first kappa shape index (κ1) is 15.5. The summed E-state index contributed by atoms with van der Waals surface area (Å²) < 4.78 is 13.7. The first-order valence-corrected chi connectivity index (χ1v) is 7.90. The van der Waals surface area contributed by atoms with Gasteiger partial charge in [-0.05, 0) is 38.5 Å². The highest BCUT2D eigenvalue weighted by Gasteiger charge is 2.29. The number of fused-ring (bicyclic) bond motifs is 1. The number of amides is 1. The van der Waals surface area contributed by atoms with Gasteiger partial charge < -0.3 is 9.80 Å². The SMILES string of the molecule is CCCN1CCN(C(=O)c2n[nH]c(C)c2C)c2ccc(F)cc21. The third kappa shape index (κ3) is 2.69. The van der Waals surface area contributed by atoms with Crippen LogP contribution in [0, 0.1) is 19.7 Å². The molecule has 0 fully saturated rings. The molecule has 1 aromatic heterocycles. The van der Waals surface area contributed by atoms with Crippen LogP contribution >= 0.6 is 0 Å². The van der Waals surface area contributed by atoms with E-state index >= 15 is 0 Å². The van der Waals surface area contributed by atoms with Crippen molar-refractivity contribution in [2.75, 3.05) is 29.4 Å². The minimum absolute atomic E-state index is 0.143. The molecule has 1 aliphatic rings. The molecule has 3 rings (SSSR count). The second-order valence-corrected chi connectivity index (χ2v) is 5.90. The summed E-state index contributed by atoms with van der Waals surface area (Å²) in [6, 6.07) is 4.59. The van der Waals surface area contributed by atoms with Crippen LogP contribution in [-0.2, 0) is 0 Å². The van der Waals surface area contributed by atoms with Crippen molar-refractivity contribution in [3.8, 4) is 0 Å². The lowest BCUT2D eigenvalue weighted by Gasteiger charge is -2.37. The molecule has 1 amide bonds. The number of rotatable bonds is 3. The molecule has 0 saturated carbocycles. The normalized spacial score (nSPS) is 14.1. The fraction of sp³-hybridized carbons (Fsp3) is 0.412. The maximum atomic E-state index is 13.7. The molecule has 6 heteroatoms. The van der Waals surface area contributed by atoms with Crippen LogP contribution < -0.4 is 9.80 Å². The first-order valence-electron chi connectivity index (χ1n) is 7.90. The van der Waals surface area contributed by atoms with E-state index in [1.54, 1.807) is 11.0 Å². The summed E-state index contributed by atoms with van der Waals surface area (Å²) in [5.41, 5.74) is 3.70. The summed E-state index contributed by atoms with van der Waals surface area (Å²) in [6.07, 6.45) is 0.974. The summed E-state index contributed by atoms with van der Waals surface area (Å²) in [6.45, 7) is 7.97. The number of H-pyrrole nitrogens is 1. The van der Waals surface area contributed by atoms with E-state index in [2.05, 4.69) is 22.0 Å². The lowest BCUT2D eigenvalue weighted by molar-refractivity contribution is 0.0981. The number of aryl methyl sites for hydroxylation is 1. The van der Waals surface area contributed by atoms with Gasteiger partial charge in [0.05, 0.1) is 11.4 Å². The molecule has 0 spiro atoms. The number of nitrogens with one attached hydrogen (secondary N) is 1. The molecular weight excluding hydrogens is 295 g/mol. The molecular formula is C17H21FN4O. The van der Waals surface area contributed by atoms with E-state index in [0.717, 1.165) is 35.6 Å². The fourth-order valence-corrected chi connectivity index (χ4v) is 2.97. The molecule has 0 bridgehead atoms. The number of halogens is 1. The monoisotopic (exact) mass is 316 g/mol. The quantitative estimate of drug-likeness (QED) is 0.947. The molecule has 2 aromatic rings. The Bertz CT molecular complexity index is 740. The average molecular weight is 316 g/mol. The molecule has 0 aliphatic carbocycles. The van der Waals surface area contributed by atoms with Crippen LogP contribution in [0.5, 0.6) is 0 Å². The third-order valence-electron chi connectivity index (χ3n) is 4.36. The Kier molecular flexibility index (Phi) is 4.07. The second-order valence-electron chi connectivity index (χ2n) is 5.90. The van der Waals surface area contributed by atoms with Crippen LogP contribution in [0.2, 0.25) is 0 Å². The molecule has 1 N–H and O–H groups in total. The zero-order valence-corrected chi connectivity index (χ0v) is 13.7. The second kappa shape index (κ2) is 6.02. The van der Waals surface area contributed by atoms with E-state index in [4.69, 9.17) is 0 Å². The Balaban J connectivity index is 2.00. The molecule has 0 atom stereocenters. The summed E-state index contributed by atoms with van der Waals surface area (Å²) >= 11 is 0. The standard InChI is InChI=1S/C17H21FN4O/c1-4-7-21-8-9-22(14-6-5-13(18)10-15(14)21)17(23)16-11(2)12(3)19-20-16/h5-6,10H,4,7-9H2,1-3H3,(H,19,20). The molecule has 5 nitrogen and oxygen atoms in total. The molecule has 122 valence electrons. The number of aromatic nitrogens is 2. The number of carbonyl (C=O) groups is 1. The highest BCUT2D eigenvalue weighted by Crippen LogP contribution is 2.34. The Morgan fingerprint density at radius 1 is 1.30 bits per heavy atom. The van der Waals surface area contributed by atoms with E-state index in [0.29, 0.717) is 18.8 Å². The number of hydrogen-bond donors (Lipinski definition) is 1. The highest BCUT2D eigenvalue weighted by molar-refractivity contribution is 6.08. The largest absolute Gasteiger partial charge is 0.368 e. The summed E-state index contributed by atoms with van der Waals surface area (Å²) in [4.78, 5) is 16.7. The minimum atomic E-state index is -0.286. The Morgan fingerprint density at radius 2 is 2.09 bits per heavy atom. The number of aromatic amines is 1. The fourth-order valence-electron chi connectivity index (χ4n) is 2.97. The van der Waals surface area contributed by atoms with Crippen LogP contribution in [0.3, 0.4) is 0 Å². The average Bonchev–Trinajstić information content (AvgIpc) is 2.87. The van der Waals surface area contributed by atoms with Gasteiger partial charge in [0.1, 0.15) is 5.82 Å². The van der Waals surface area contributed by atoms with Gasteiger partial charge in [-0.2, -0.15) is 5.10 Å². The van der Waals surface area contributed by atoms with E-state index in [-0.39, 0.29) is 11.7 Å². The molecule has 0 radical (unpaired) electrons. The predicted octanol–water partition coefficient (Wildman–Crippen LogP) is 3.04. The minimum Gasteiger partial charge on any atom is -0.368 e. The van der Waals surface area contributed by atoms with Gasteiger partial charge in [0, 0.05) is 30.9 Å². The zero-order valence-electron chi connectivity index (χ0n) is 13.7. The van der Waals surface area contributed by atoms with Crippen molar-refractivity contribution in [1.29, 1.82) is 0 Å². The van der Waals surface area contributed by atoms with Gasteiger partial charge in [0.25, 0.3) is 5.91 Å². The molecule has 23 heavy (non-hydrogen) atoms. The van der Waals surface area contributed by atoms with Crippen LogP contribution in [0.25, 0.3) is 0 Å². The predicted molar refractivity (Wildman–Crippen MR) is 88.6 cm³/mol. The lowest BCUT2D eigenvalue weighted by Crippen LogP contribution is -2.44. The maximum Gasteiger partial charge on any atom is 0.279 e. The molecule has 1 aliphatic heterocycles. The Hall–Kier alpha value is -2.37. The van der Waals surface area contributed by atoms with Crippen LogP contribution in [0.4, 0.5) is 15.8 Å². The van der Waals surface area contributed by atoms with E-state index in [1.165, 1.54) is 12.1 Å². The van der Waals surface area contributed by atoms with Gasteiger partial charge in [0.2, 0.25) is 0 Å². The maximum absolute atomic E-state index is 13.7. The van der Waals surface area contributed by atoms with Gasteiger partial charge in [-0.25, -0.2) is 4.39 Å². The van der Waals surface area contributed by atoms with Gasteiger partial charge >= 0.3 is 0 Å². The Morgan fingerprint density at radius 3 is 2.74 bits per heavy atom. The van der Waals surface area contributed by atoms with Crippen molar-refractivity contribution in [3.63, 3.8) is 0 Å². The number of hydrogen-bond acceptors (Lipinski definition) is 3. The number of benzene rings is 1. The van der Waals surface area contributed by atoms with E-state index in [9.17, 15) is 9.18 Å². The topological polar surface area (TPSA) is 52.2 Å². The van der Waals surface area contributed by atoms with Crippen molar-refractivity contribution in [2.24, 2.45) is 0 Å². The molecule has 1 aromatic carbocycles. The lowest BCUT2D eigenvalue weighted by atomic mass is 10.1. The number of anilines is 2. The van der Waals surface area contributed by atoms with Crippen molar-refractivity contribution in [3.05, 3.63) is 41.0 Å². The molecule has 0 unspecified atom stereocenters. The van der Waals surface area contributed by atoms with Crippen LogP contribution in [0.15, 0.2) is 18.2 Å².